The van der Waals surface area contributed by atoms with Gasteiger partial charge in [-0.2, -0.15) is 11.8 Å². The molecule has 4 nitrogen and oxygen atoms in total. The highest BCUT2D eigenvalue weighted by Gasteiger charge is 2.26. The molecule has 4 rings (SSSR count). The predicted octanol–water partition coefficient (Wildman–Crippen LogP) is 4.53. The van der Waals surface area contributed by atoms with Gasteiger partial charge < -0.3 is 15.1 Å². The van der Waals surface area contributed by atoms with E-state index in [1.165, 1.54) is 28.3 Å². The van der Waals surface area contributed by atoms with Crippen LogP contribution in [0.2, 0.25) is 0 Å². The van der Waals surface area contributed by atoms with E-state index >= 15 is 0 Å². The molecule has 27 heavy (non-hydrogen) atoms. The lowest BCUT2D eigenvalue weighted by molar-refractivity contribution is 0.182. The largest absolute Gasteiger partial charge is 0.370 e. The number of amides is 2. The Balaban J connectivity index is 1.46. The van der Waals surface area contributed by atoms with Gasteiger partial charge in [0.25, 0.3) is 0 Å². The number of fused-ring (bicyclic) bond motifs is 1. The van der Waals surface area contributed by atoms with E-state index in [9.17, 15) is 4.79 Å². The monoisotopic (exact) mass is 381 g/mol. The molecule has 0 bridgehead atoms. The van der Waals surface area contributed by atoms with Gasteiger partial charge in [-0.05, 0) is 55.2 Å². The average Bonchev–Trinajstić information content (AvgIpc) is 2.69. The van der Waals surface area contributed by atoms with Gasteiger partial charge in [-0.25, -0.2) is 4.79 Å². The number of nitrogens with zero attached hydrogens (tertiary/aromatic N) is 2. The first kappa shape index (κ1) is 18.2. The van der Waals surface area contributed by atoms with Crippen LogP contribution in [0.25, 0.3) is 0 Å². The zero-order valence-electron chi connectivity index (χ0n) is 16.1. The Kier molecular flexibility index (Phi) is 5.30. The summed E-state index contributed by atoms with van der Waals surface area (Å²) in [5.41, 5.74) is 5.88. The zero-order chi connectivity index (χ0) is 18.8. The van der Waals surface area contributed by atoms with Crippen LogP contribution in [-0.2, 0) is 13.0 Å². The average molecular weight is 382 g/mol. The molecule has 1 fully saturated rings. The van der Waals surface area contributed by atoms with E-state index in [0.717, 1.165) is 30.8 Å². The van der Waals surface area contributed by atoms with Gasteiger partial charge in [0.2, 0.25) is 0 Å². The number of thioether (sulfide) groups is 1. The summed E-state index contributed by atoms with van der Waals surface area (Å²) in [6, 6.07) is 15.0. The van der Waals surface area contributed by atoms with Crippen molar-refractivity contribution < 1.29 is 4.79 Å². The second-order valence-electron chi connectivity index (χ2n) is 7.48. The molecular weight excluding hydrogens is 354 g/mol. The van der Waals surface area contributed by atoms with Crippen molar-refractivity contribution in [3.63, 3.8) is 0 Å². The van der Waals surface area contributed by atoms with Crippen LogP contribution < -0.4 is 10.2 Å². The van der Waals surface area contributed by atoms with Crippen LogP contribution in [0.4, 0.5) is 16.2 Å². The Morgan fingerprint density at radius 3 is 2.59 bits per heavy atom. The molecule has 2 heterocycles. The molecule has 0 saturated carbocycles. The van der Waals surface area contributed by atoms with E-state index in [2.05, 4.69) is 54.4 Å². The van der Waals surface area contributed by atoms with E-state index in [4.69, 9.17) is 0 Å². The van der Waals surface area contributed by atoms with Crippen molar-refractivity contribution in [1.29, 1.82) is 0 Å². The molecule has 5 heteroatoms. The van der Waals surface area contributed by atoms with Gasteiger partial charge in [0.1, 0.15) is 0 Å². The third-order valence-corrected chi connectivity index (χ3v) is 6.54. The molecule has 1 unspecified atom stereocenters. The highest BCUT2D eigenvalue weighted by atomic mass is 32.2. The number of hydrogen-bond donors (Lipinski definition) is 1. The summed E-state index contributed by atoms with van der Waals surface area (Å²) in [6.07, 6.45) is 0.911. The van der Waals surface area contributed by atoms with Crippen molar-refractivity contribution in [3.8, 4) is 0 Å². The van der Waals surface area contributed by atoms with E-state index < -0.39 is 0 Å². The van der Waals surface area contributed by atoms with Gasteiger partial charge in [-0.15, -0.1) is 0 Å². The van der Waals surface area contributed by atoms with Crippen molar-refractivity contribution in [2.75, 3.05) is 34.8 Å². The third kappa shape index (κ3) is 3.93. The van der Waals surface area contributed by atoms with Gasteiger partial charge in [-0.3, -0.25) is 0 Å². The number of urea groups is 1. The second kappa shape index (κ2) is 7.85. The van der Waals surface area contributed by atoms with Crippen LogP contribution in [0, 0.1) is 6.92 Å². The Labute approximate surface area is 165 Å². The summed E-state index contributed by atoms with van der Waals surface area (Å²) in [6.45, 7) is 7.07. The first-order valence-corrected chi connectivity index (χ1v) is 10.8. The molecule has 142 valence electrons. The highest BCUT2D eigenvalue weighted by molar-refractivity contribution is 7.99. The Bertz CT molecular complexity index is 832. The number of nitrogens with one attached hydrogen (secondary N) is 1. The van der Waals surface area contributed by atoms with Crippen molar-refractivity contribution in [2.45, 2.75) is 32.9 Å². The summed E-state index contributed by atoms with van der Waals surface area (Å²) in [5, 5.41) is 3.14. The van der Waals surface area contributed by atoms with E-state index in [1.807, 2.05) is 28.8 Å². The number of anilines is 2. The van der Waals surface area contributed by atoms with Crippen LogP contribution in [0.5, 0.6) is 0 Å². The lowest BCUT2D eigenvalue weighted by atomic mass is 9.95. The predicted molar refractivity (Wildman–Crippen MR) is 115 cm³/mol. The van der Waals surface area contributed by atoms with Crippen molar-refractivity contribution in [3.05, 3.63) is 59.2 Å². The van der Waals surface area contributed by atoms with Crippen LogP contribution >= 0.6 is 11.8 Å². The molecule has 0 radical (unpaired) electrons. The molecule has 0 aliphatic carbocycles. The van der Waals surface area contributed by atoms with Crippen molar-refractivity contribution in [2.24, 2.45) is 0 Å². The van der Waals surface area contributed by atoms with Crippen LogP contribution in [0.15, 0.2) is 42.5 Å². The maximum Gasteiger partial charge on any atom is 0.322 e. The molecule has 2 aliphatic heterocycles. The standard InChI is InChI=1S/C22H27N3OS/c1-16-13-20(24-9-11-27-12-10-24)7-8-21(16)23-22(26)25-15-19-6-4-3-5-18(19)14-17(25)2/h3-8,13,17H,9-12,14-15H2,1-2H3,(H,23,26). The Hall–Kier alpha value is -2.14. The molecule has 2 aliphatic rings. The molecule has 2 aromatic carbocycles. The highest BCUT2D eigenvalue weighted by Crippen LogP contribution is 2.27. The molecular formula is C22H27N3OS. The number of rotatable bonds is 2. The van der Waals surface area contributed by atoms with Gasteiger partial charge in [0.05, 0.1) is 0 Å². The molecule has 2 amide bonds. The lowest BCUT2D eigenvalue weighted by Gasteiger charge is -2.35. The number of benzene rings is 2. The van der Waals surface area contributed by atoms with Gasteiger partial charge in [0, 0.05) is 48.6 Å². The maximum atomic E-state index is 12.9. The number of carbonyl (C=O) groups is 1. The van der Waals surface area contributed by atoms with Crippen molar-refractivity contribution >= 4 is 29.2 Å². The van der Waals surface area contributed by atoms with Crippen LogP contribution in [0.1, 0.15) is 23.6 Å². The number of aryl methyl sites for hydroxylation is 1. The molecule has 1 N–H and O–H groups in total. The van der Waals surface area contributed by atoms with Gasteiger partial charge in [-0.1, -0.05) is 24.3 Å². The maximum absolute atomic E-state index is 12.9. The number of hydrogen-bond acceptors (Lipinski definition) is 3. The van der Waals surface area contributed by atoms with Gasteiger partial charge >= 0.3 is 6.03 Å². The summed E-state index contributed by atoms with van der Waals surface area (Å²) in [5.74, 6) is 2.37. The fourth-order valence-electron chi connectivity index (χ4n) is 3.94. The quantitative estimate of drug-likeness (QED) is 0.830. The van der Waals surface area contributed by atoms with E-state index in [0.29, 0.717) is 6.54 Å². The fourth-order valence-corrected chi connectivity index (χ4v) is 4.85. The van der Waals surface area contributed by atoms with Crippen LogP contribution in [-0.4, -0.2) is 41.6 Å². The van der Waals surface area contributed by atoms with E-state index in [-0.39, 0.29) is 12.1 Å². The third-order valence-electron chi connectivity index (χ3n) is 5.60. The summed E-state index contributed by atoms with van der Waals surface area (Å²) < 4.78 is 0. The lowest BCUT2D eigenvalue weighted by Crippen LogP contribution is -2.44. The Morgan fingerprint density at radius 1 is 1.11 bits per heavy atom. The second-order valence-corrected chi connectivity index (χ2v) is 8.70. The molecule has 2 aromatic rings. The SMILES string of the molecule is Cc1cc(N2CCSCC2)ccc1NC(=O)N1Cc2ccccc2CC1C. The van der Waals surface area contributed by atoms with Crippen molar-refractivity contribution in [1.82, 2.24) is 4.90 Å². The van der Waals surface area contributed by atoms with Crippen LogP contribution in [0.3, 0.4) is 0 Å². The topological polar surface area (TPSA) is 35.6 Å². The summed E-state index contributed by atoms with van der Waals surface area (Å²) >= 11 is 2.02. The molecule has 0 spiro atoms. The first-order valence-electron chi connectivity index (χ1n) is 9.69. The minimum absolute atomic E-state index is 0.0118. The Morgan fingerprint density at radius 2 is 1.85 bits per heavy atom. The minimum Gasteiger partial charge on any atom is -0.370 e. The normalized spacial score (nSPS) is 19.6. The molecule has 0 aromatic heterocycles. The molecule has 1 saturated heterocycles. The summed E-state index contributed by atoms with van der Waals surface area (Å²) in [7, 11) is 0. The first-order chi connectivity index (χ1) is 13.1. The smallest absolute Gasteiger partial charge is 0.322 e. The summed E-state index contributed by atoms with van der Waals surface area (Å²) in [4.78, 5) is 17.3. The fraction of sp³-hybridized carbons (Fsp3) is 0.409. The minimum atomic E-state index is -0.0118. The van der Waals surface area contributed by atoms with E-state index in [1.54, 1.807) is 0 Å². The zero-order valence-corrected chi connectivity index (χ0v) is 16.9. The molecule has 1 atom stereocenters. The number of carbonyl (C=O) groups excluding carboxylic acids is 1. The van der Waals surface area contributed by atoms with Gasteiger partial charge in [0.15, 0.2) is 0 Å².